The maximum absolute atomic E-state index is 12.0. The number of phosphoric ester groups is 1. The van der Waals surface area contributed by atoms with Crippen LogP contribution >= 0.6 is 21.3 Å². The Labute approximate surface area is 276 Å². The minimum Gasteiger partial charge on any atom is -0.790 e. The Morgan fingerprint density at radius 2 is 1.39 bits per heavy atom. The zero-order valence-electron chi connectivity index (χ0n) is 21.6. The van der Waals surface area contributed by atoms with Gasteiger partial charge >= 0.3 is 71.1 Å². The first-order valence-corrected chi connectivity index (χ1v) is 12.2. The summed E-state index contributed by atoms with van der Waals surface area (Å²) in [5.41, 5.74) is 0. The number of esters is 2. The van der Waals surface area contributed by atoms with Crippen LogP contribution in [0.15, 0.2) is 0 Å². The van der Waals surface area contributed by atoms with E-state index in [1.165, 1.54) is 25.7 Å². The molecule has 0 rings (SSSR count). The molecule has 0 saturated heterocycles. The Morgan fingerprint density at radius 3 is 1.94 bits per heavy atom. The topological polar surface area (TPSA) is 125 Å². The summed E-state index contributed by atoms with van der Waals surface area (Å²) in [6.07, 6.45) is 7.23. The second kappa shape index (κ2) is 29.2. The van der Waals surface area contributed by atoms with Gasteiger partial charge in [-0.2, -0.15) is 13.5 Å². The fourth-order valence-corrected chi connectivity index (χ4v) is 2.76. The Hall–Kier alpha value is -0.360. The molecule has 0 aliphatic carbocycles. The molecule has 8 nitrogen and oxygen atoms in total. The summed E-state index contributed by atoms with van der Waals surface area (Å²) >= 11 is 0. The third kappa shape index (κ3) is 31.7. The van der Waals surface area contributed by atoms with Crippen molar-refractivity contribution in [3.63, 3.8) is 0 Å². The van der Waals surface area contributed by atoms with Crippen molar-refractivity contribution in [2.24, 2.45) is 0 Å². The fraction of sp³-hybridized carbons (Fsp3) is 0.583. The summed E-state index contributed by atoms with van der Waals surface area (Å²) in [5.74, 6) is 17.2. The van der Waals surface area contributed by atoms with E-state index in [0.717, 1.165) is 19.3 Å². The summed E-state index contributed by atoms with van der Waals surface area (Å²) in [6.45, 7) is 2.48. The number of hydrogen-bond donors (Lipinski definition) is 0. The normalized spacial score (nSPS) is 9.67. The summed E-state index contributed by atoms with van der Waals surface area (Å²) in [6, 6.07) is 0. The van der Waals surface area contributed by atoms with Gasteiger partial charge < -0.3 is 28.3 Å². The number of rotatable bonds is 15. The molecule has 0 amide bonds. The Balaban J connectivity index is -0.000000114. The maximum atomic E-state index is 12.0. The van der Waals surface area contributed by atoms with Gasteiger partial charge in [0.25, 0.3) is 0 Å². The van der Waals surface area contributed by atoms with Gasteiger partial charge in [-0.05, 0) is 48.9 Å². The van der Waals surface area contributed by atoms with Crippen LogP contribution < -0.4 is 68.9 Å². The fourth-order valence-electron chi connectivity index (χ4n) is 2.41. The van der Waals surface area contributed by atoms with Crippen LogP contribution in [0.25, 0.3) is 0 Å². The van der Waals surface area contributed by atoms with E-state index in [1.54, 1.807) is 6.92 Å². The predicted molar refractivity (Wildman–Crippen MR) is 144 cm³/mol. The average Bonchev–Trinajstić information content (AvgIpc) is 2.76. The van der Waals surface area contributed by atoms with E-state index in [9.17, 15) is 23.9 Å². The first kappa shape index (κ1) is 42.7. The van der Waals surface area contributed by atoms with Gasteiger partial charge in [-0.3, -0.25) is 4.79 Å². The molecule has 202 valence electrons. The van der Waals surface area contributed by atoms with E-state index in [1.807, 2.05) is 0 Å². The average molecular weight is 571 g/mol. The van der Waals surface area contributed by atoms with E-state index in [2.05, 4.69) is 58.8 Å². The van der Waals surface area contributed by atoms with Crippen LogP contribution in [-0.2, 0) is 28.2 Å². The van der Waals surface area contributed by atoms with Crippen molar-refractivity contribution in [3.05, 3.63) is 0 Å². The third-order valence-electron chi connectivity index (χ3n) is 3.95. The van der Waals surface area contributed by atoms with Crippen molar-refractivity contribution in [3.8, 4) is 47.4 Å². The molecule has 0 aromatic heterocycles. The van der Waals surface area contributed by atoms with Gasteiger partial charge in [0, 0.05) is 22.3 Å². The number of phosphoric acid groups is 1. The van der Waals surface area contributed by atoms with Gasteiger partial charge in [-0.25, -0.2) is 4.79 Å². The van der Waals surface area contributed by atoms with Crippen molar-refractivity contribution in [2.45, 2.75) is 77.7 Å². The van der Waals surface area contributed by atoms with Gasteiger partial charge in [0.2, 0.25) is 0 Å². The van der Waals surface area contributed by atoms with Crippen LogP contribution in [0.3, 0.4) is 0 Å². The zero-order chi connectivity index (χ0) is 24.8. The molecule has 0 aromatic carbocycles. The van der Waals surface area contributed by atoms with E-state index in [0.29, 0.717) is 6.42 Å². The monoisotopic (exact) mass is 570 g/mol. The Morgan fingerprint density at radius 1 is 0.861 bits per heavy atom. The van der Waals surface area contributed by atoms with Gasteiger partial charge in [-0.1, -0.05) is 57.8 Å². The molecule has 0 heterocycles. The van der Waals surface area contributed by atoms with E-state index in [-0.39, 0.29) is 89.0 Å². The molecule has 36 heavy (non-hydrogen) atoms. The van der Waals surface area contributed by atoms with Gasteiger partial charge in [0.05, 0.1) is 14.4 Å². The van der Waals surface area contributed by atoms with Crippen LogP contribution in [-0.4, -0.2) is 31.3 Å². The molecule has 0 bridgehead atoms. The largest absolute Gasteiger partial charge is 1.00 e. The van der Waals surface area contributed by atoms with Crippen molar-refractivity contribution in [2.75, 3.05) is 13.2 Å². The van der Waals surface area contributed by atoms with Crippen LogP contribution in [0.4, 0.5) is 0 Å². The number of unbranched alkanes of at least 4 members (excludes halogenated alkanes) is 7. The molecule has 12 heteroatoms. The summed E-state index contributed by atoms with van der Waals surface area (Å²) in [4.78, 5) is 45.1. The van der Waals surface area contributed by atoms with Crippen LogP contribution in [0.1, 0.15) is 81.6 Å². The number of ether oxygens (including phenoxy) is 2. The van der Waals surface area contributed by atoms with Crippen molar-refractivity contribution in [1.82, 2.24) is 0 Å². The van der Waals surface area contributed by atoms with Crippen LogP contribution in [0, 0.1) is 47.4 Å². The van der Waals surface area contributed by atoms with E-state index >= 15 is 0 Å². The van der Waals surface area contributed by atoms with E-state index in [4.69, 9.17) is 9.47 Å². The second-order valence-corrected chi connectivity index (χ2v) is 7.96. The maximum Gasteiger partial charge on any atom is 1.00 e. The molecule has 0 aliphatic heterocycles. The number of hydrogen-bond acceptors (Lipinski definition) is 8. The predicted octanol–water partition coefficient (Wildman–Crippen LogP) is -2.31. The smallest absolute Gasteiger partial charge is 0.790 e. The molecule has 0 aromatic rings. The minimum absolute atomic E-state index is 0. The minimum atomic E-state index is -5.29. The van der Waals surface area contributed by atoms with Crippen molar-refractivity contribution in [1.29, 1.82) is 0 Å². The number of carbonyl (C=O) groups excluding carboxylic acids is 2. The zero-order valence-corrected chi connectivity index (χ0v) is 27.5. The summed E-state index contributed by atoms with van der Waals surface area (Å²) in [7, 11) is -5.29. The SMILES string of the molecule is CC#CC#CC#CC#CC(=O)OC[C@@H](COP(=O)([O-])[O-])OC(=O)CCCCCCCCCC.S.[HH].[HH].[HH].[HH].[HH].[HH].[HH].[Na+].[Na+]. The van der Waals surface area contributed by atoms with Crippen molar-refractivity contribution < 1.29 is 107 Å². The quantitative estimate of drug-likeness (QED) is 0.0538. The molecule has 0 spiro atoms. The van der Waals surface area contributed by atoms with Gasteiger partial charge in [-0.15, -0.1) is 0 Å². The first-order valence-electron chi connectivity index (χ1n) is 10.7. The third-order valence-corrected chi connectivity index (χ3v) is 4.42. The molecule has 1 atom stereocenters. The molecule has 0 saturated carbocycles. The summed E-state index contributed by atoms with van der Waals surface area (Å²) < 4.78 is 24.8. The Kier molecular flexibility index (Phi) is 34.6. The molecular weight excluding hydrogens is 525 g/mol. The molecule has 0 aliphatic rings. The molecule has 0 N–H and O–H groups in total. The summed E-state index contributed by atoms with van der Waals surface area (Å²) in [5, 5.41) is 0. The molecule has 0 fully saturated rings. The molecule has 0 radical (unpaired) electrons. The van der Waals surface area contributed by atoms with Crippen LogP contribution in [0.2, 0.25) is 0 Å². The van der Waals surface area contributed by atoms with E-state index < -0.39 is 39.1 Å². The molecular formula is C24H45Na2O8PS. The number of carbonyl (C=O) groups is 2. The van der Waals surface area contributed by atoms with Crippen molar-refractivity contribution >= 4 is 33.3 Å². The molecule has 0 unspecified atom stereocenters. The van der Waals surface area contributed by atoms with Gasteiger partial charge in [0.1, 0.15) is 6.61 Å². The standard InChI is InChI=1S/C24H31O8P.2Na.H2S.7H2/c1-3-5-7-9-11-13-15-17-19-24(26)32-22(21-31-33(27,28)29)20-30-23(25)18-16-14-12-10-8-6-4-2;;;;;;;;;;/h22H,3,5,7,9,11,13,15,17,19-21H2,1-2H3,(H2,27,28,29);;;1H2;7*1H/q;2*+1;;;;;;;;/p-2/t22-;;;;;;;;;;/m0........../s1. The second-order valence-electron chi connectivity index (χ2n) is 6.80. The first-order chi connectivity index (χ1) is 15.8. The Bertz CT molecular complexity index is 935. The van der Waals surface area contributed by atoms with Crippen LogP contribution in [0.5, 0.6) is 0 Å². The van der Waals surface area contributed by atoms with Gasteiger partial charge in [0.15, 0.2) is 6.10 Å².